The average Bonchev–Trinajstić information content (AvgIpc) is 2.44. The van der Waals surface area contributed by atoms with Crippen LogP contribution in [-0.4, -0.2) is 31.1 Å². The van der Waals surface area contributed by atoms with Gasteiger partial charge in [0, 0.05) is 16.6 Å². The first-order valence-corrected chi connectivity index (χ1v) is 8.17. The predicted octanol–water partition coefficient (Wildman–Crippen LogP) is 3.97. The lowest BCUT2D eigenvalue weighted by Crippen LogP contribution is -2.42. The lowest BCUT2D eigenvalue weighted by molar-refractivity contribution is 0.0971. The molecule has 106 valence electrons. The first-order valence-electron chi connectivity index (χ1n) is 7.38. The summed E-state index contributed by atoms with van der Waals surface area (Å²) in [7, 11) is 2.05. The minimum Gasteiger partial charge on any atom is -0.320 e. The Morgan fingerprint density at radius 1 is 1.42 bits per heavy atom. The summed E-state index contributed by atoms with van der Waals surface area (Å²) in [5.41, 5.74) is 1.42. The standard InChI is InChI=1S/C16H25BrN2/c1-13(14-6-5-7-15(17)12-14)19-11-4-3-8-16(19)9-10-18-2/h5-7,12-13,16,18H,3-4,8-11H2,1-2H3. The van der Waals surface area contributed by atoms with E-state index in [0.29, 0.717) is 6.04 Å². The van der Waals surface area contributed by atoms with E-state index in [0.717, 1.165) is 12.6 Å². The number of halogens is 1. The third kappa shape index (κ3) is 4.04. The Balaban J connectivity index is 2.08. The van der Waals surface area contributed by atoms with Gasteiger partial charge in [0.25, 0.3) is 0 Å². The summed E-state index contributed by atoms with van der Waals surface area (Å²) >= 11 is 3.58. The van der Waals surface area contributed by atoms with Gasteiger partial charge in [-0.05, 0) is 64.0 Å². The first-order chi connectivity index (χ1) is 9.22. The number of likely N-dealkylation sites (tertiary alicyclic amines) is 1. The molecule has 2 atom stereocenters. The second kappa shape index (κ2) is 7.41. The number of rotatable bonds is 5. The van der Waals surface area contributed by atoms with Gasteiger partial charge < -0.3 is 5.32 Å². The molecule has 0 bridgehead atoms. The van der Waals surface area contributed by atoms with Crippen LogP contribution in [0.2, 0.25) is 0 Å². The molecule has 0 saturated carbocycles. The Hall–Kier alpha value is -0.380. The second-order valence-corrected chi connectivity index (χ2v) is 6.43. The van der Waals surface area contributed by atoms with E-state index in [4.69, 9.17) is 0 Å². The minimum absolute atomic E-state index is 0.514. The van der Waals surface area contributed by atoms with Gasteiger partial charge in [0.2, 0.25) is 0 Å². The Bertz CT molecular complexity index is 394. The molecule has 1 fully saturated rings. The van der Waals surface area contributed by atoms with Crippen molar-refractivity contribution in [3.05, 3.63) is 34.3 Å². The van der Waals surface area contributed by atoms with Gasteiger partial charge in [-0.3, -0.25) is 4.90 Å². The molecule has 1 aromatic rings. The smallest absolute Gasteiger partial charge is 0.0323 e. The fourth-order valence-electron chi connectivity index (χ4n) is 3.11. The predicted molar refractivity (Wildman–Crippen MR) is 85.4 cm³/mol. The van der Waals surface area contributed by atoms with E-state index in [9.17, 15) is 0 Å². The maximum Gasteiger partial charge on any atom is 0.0323 e. The van der Waals surface area contributed by atoms with Crippen molar-refractivity contribution < 1.29 is 0 Å². The third-order valence-electron chi connectivity index (χ3n) is 4.23. The maximum atomic E-state index is 3.58. The molecule has 1 aliphatic heterocycles. The van der Waals surface area contributed by atoms with Crippen LogP contribution in [0.1, 0.15) is 44.2 Å². The Morgan fingerprint density at radius 2 is 2.26 bits per heavy atom. The van der Waals surface area contributed by atoms with E-state index >= 15 is 0 Å². The van der Waals surface area contributed by atoms with Crippen molar-refractivity contribution in [3.63, 3.8) is 0 Å². The van der Waals surface area contributed by atoms with E-state index in [1.54, 1.807) is 0 Å². The van der Waals surface area contributed by atoms with Crippen LogP contribution in [-0.2, 0) is 0 Å². The highest BCUT2D eigenvalue weighted by Gasteiger charge is 2.26. The molecule has 3 heteroatoms. The molecule has 19 heavy (non-hydrogen) atoms. The van der Waals surface area contributed by atoms with Gasteiger partial charge >= 0.3 is 0 Å². The van der Waals surface area contributed by atoms with Gasteiger partial charge in [0.15, 0.2) is 0 Å². The summed E-state index contributed by atoms with van der Waals surface area (Å²) in [6, 6.07) is 10.00. The molecular formula is C16H25BrN2. The summed E-state index contributed by atoms with van der Waals surface area (Å²) in [4.78, 5) is 2.70. The molecule has 0 spiro atoms. The molecule has 2 nitrogen and oxygen atoms in total. The van der Waals surface area contributed by atoms with E-state index in [2.05, 4.69) is 57.3 Å². The van der Waals surface area contributed by atoms with Gasteiger partial charge in [-0.1, -0.05) is 34.5 Å². The van der Waals surface area contributed by atoms with Crippen LogP contribution >= 0.6 is 15.9 Å². The van der Waals surface area contributed by atoms with Crippen LogP contribution in [0, 0.1) is 0 Å². The number of benzene rings is 1. The lowest BCUT2D eigenvalue weighted by atomic mass is 9.95. The fraction of sp³-hybridized carbons (Fsp3) is 0.625. The van der Waals surface area contributed by atoms with Crippen LogP contribution in [0.5, 0.6) is 0 Å². The molecule has 1 saturated heterocycles. The first kappa shape index (κ1) is 15.0. The molecule has 0 aliphatic carbocycles. The quantitative estimate of drug-likeness (QED) is 0.881. The topological polar surface area (TPSA) is 15.3 Å². The van der Waals surface area contributed by atoms with E-state index in [1.807, 2.05) is 7.05 Å². The highest BCUT2D eigenvalue weighted by atomic mass is 79.9. The summed E-state index contributed by atoms with van der Waals surface area (Å²) in [6.07, 6.45) is 5.33. The maximum absolute atomic E-state index is 3.58. The van der Waals surface area contributed by atoms with Crippen molar-refractivity contribution >= 4 is 15.9 Å². The van der Waals surface area contributed by atoms with Crippen LogP contribution < -0.4 is 5.32 Å². The van der Waals surface area contributed by atoms with Gasteiger partial charge in [-0.15, -0.1) is 0 Å². The van der Waals surface area contributed by atoms with Gasteiger partial charge in [0.1, 0.15) is 0 Å². The molecule has 1 N–H and O–H groups in total. The molecule has 1 aliphatic rings. The van der Waals surface area contributed by atoms with Crippen LogP contribution in [0.25, 0.3) is 0 Å². The van der Waals surface area contributed by atoms with Crippen molar-refractivity contribution in [1.82, 2.24) is 10.2 Å². The van der Waals surface area contributed by atoms with Crippen molar-refractivity contribution in [2.24, 2.45) is 0 Å². The van der Waals surface area contributed by atoms with Gasteiger partial charge in [-0.25, -0.2) is 0 Å². The zero-order valence-electron chi connectivity index (χ0n) is 12.0. The monoisotopic (exact) mass is 324 g/mol. The van der Waals surface area contributed by atoms with Gasteiger partial charge in [0.05, 0.1) is 0 Å². The Kier molecular flexibility index (Phi) is 5.86. The molecule has 0 aromatic heterocycles. The summed E-state index contributed by atoms with van der Waals surface area (Å²) in [6.45, 7) is 4.70. The normalized spacial score (nSPS) is 22.4. The van der Waals surface area contributed by atoms with Crippen molar-refractivity contribution in [1.29, 1.82) is 0 Å². The summed E-state index contributed by atoms with van der Waals surface area (Å²) < 4.78 is 1.18. The van der Waals surface area contributed by atoms with Crippen molar-refractivity contribution in [2.75, 3.05) is 20.1 Å². The van der Waals surface area contributed by atoms with E-state index in [1.165, 1.54) is 42.3 Å². The van der Waals surface area contributed by atoms with Gasteiger partial charge in [-0.2, -0.15) is 0 Å². The van der Waals surface area contributed by atoms with Crippen molar-refractivity contribution in [2.45, 2.75) is 44.7 Å². The zero-order chi connectivity index (χ0) is 13.7. The second-order valence-electron chi connectivity index (χ2n) is 5.51. The number of hydrogen-bond acceptors (Lipinski definition) is 2. The van der Waals surface area contributed by atoms with Crippen LogP contribution in [0.3, 0.4) is 0 Å². The molecule has 0 amide bonds. The highest BCUT2D eigenvalue weighted by Crippen LogP contribution is 2.30. The molecule has 1 aromatic carbocycles. The SMILES string of the molecule is CNCCC1CCCCN1C(C)c1cccc(Br)c1. The lowest BCUT2D eigenvalue weighted by Gasteiger charge is -2.40. The molecule has 0 radical (unpaired) electrons. The van der Waals surface area contributed by atoms with E-state index in [-0.39, 0.29) is 0 Å². The molecular weight excluding hydrogens is 300 g/mol. The number of nitrogens with one attached hydrogen (secondary N) is 1. The minimum atomic E-state index is 0.514. The summed E-state index contributed by atoms with van der Waals surface area (Å²) in [5.74, 6) is 0. The number of nitrogens with zero attached hydrogens (tertiary/aromatic N) is 1. The van der Waals surface area contributed by atoms with Crippen LogP contribution in [0.15, 0.2) is 28.7 Å². The average molecular weight is 325 g/mol. The fourth-order valence-corrected chi connectivity index (χ4v) is 3.53. The Morgan fingerprint density at radius 3 is 3.00 bits per heavy atom. The largest absolute Gasteiger partial charge is 0.320 e. The zero-order valence-corrected chi connectivity index (χ0v) is 13.6. The third-order valence-corrected chi connectivity index (χ3v) is 4.72. The van der Waals surface area contributed by atoms with Crippen LogP contribution in [0.4, 0.5) is 0 Å². The van der Waals surface area contributed by atoms with Crippen molar-refractivity contribution in [3.8, 4) is 0 Å². The highest BCUT2D eigenvalue weighted by molar-refractivity contribution is 9.10. The molecule has 2 unspecified atom stereocenters. The molecule has 1 heterocycles. The number of piperidine rings is 1. The number of hydrogen-bond donors (Lipinski definition) is 1. The van der Waals surface area contributed by atoms with E-state index < -0.39 is 0 Å². The summed E-state index contributed by atoms with van der Waals surface area (Å²) in [5, 5.41) is 3.29. The Labute approximate surface area is 125 Å². The molecule has 2 rings (SSSR count).